The Kier molecular flexibility index (Phi) is 7.47. The highest BCUT2D eigenvalue weighted by atomic mass is 15.3. The standard InChI is InChI=1S/C25H37N7/c1-20(21-8-6-10-23(18-21)31-12-4-5-13-31)29-25(26-2)28-19-22-9-7-11-27-24(22)32-16-14-30(3)15-17-32/h6-11,18,20H,4-5,12-17,19H2,1-3H3,(H2,26,28,29). The Morgan fingerprint density at radius 1 is 1.03 bits per heavy atom. The Morgan fingerprint density at radius 2 is 1.81 bits per heavy atom. The second kappa shape index (κ2) is 10.7. The van der Waals surface area contributed by atoms with Gasteiger partial charge in [0.2, 0.25) is 0 Å². The van der Waals surface area contributed by atoms with Crippen molar-refractivity contribution >= 4 is 17.5 Å². The molecule has 7 heteroatoms. The molecule has 2 saturated heterocycles. The monoisotopic (exact) mass is 435 g/mol. The van der Waals surface area contributed by atoms with Gasteiger partial charge in [0.05, 0.1) is 6.04 Å². The molecule has 0 amide bonds. The summed E-state index contributed by atoms with van der Waals surface area (Å²) in [6.07, 6.45) is 4.47. The van der Waals surface area contributed by atoms with Crippen LogP contribution in [0.15, 0.2) is 47.6 Å². The van der Waals surface area contributed by atoms with Gasteiger partial charge in [-0.15, -0.1) is 0 Å². The average molecular weight is 436 g/mol. The number of benzene rings is 1. The molecule has 0 spiro atoms. The summed E-state index contributed by atoms with van der Waals surface area (Å²) >= 11 is 0. The van der Waals surface area contributed by atoms with Crippen LogP contribution in [0.5, 0.6) is 0 Å². The summed E-state index contributed by atoms with van der Waals surface area (Å²) in [7, 11) is 4.00. The first-order valence-electron chi connectivity index (χ1n) is 11.8. The van der Waals surface area contributed by atoms with Crippen molar-refractivity contribution in [3.8, 4) is 0 Å². The summed E-state index contributed by atoms with van der Waals surface area (Å²) in [4.78, 5) is 16.4. The molecule has 0 aliphatic carbocycles. The summed E-state index contributed by atoms with van der Waals surface area (Å²) in [5.41, 5.74) is 3.80. The summed E-state index contributed by atoms with van der Waals surface area (Å²) in [6.45, 7) is 9.37. The smallest absolute Gasteiger partial charge is 0.191 e. The third-order valence-electron chi connectivity index (χ3n) is 6.53. The van der Waals surface area contributed by atoms with Crippen LogP contribution in [0, 0.1) is 0 Å². The molecular formula is C25H37N7. The fraction of sp³-hybridized carbons (Fsp3) is 0.520. The molecule has 1 unspecified atom stereocenters. The number of aromatic nitrogens is 1. The number of pyridine rings is 1. The number of aliphatic imine (C=N–C) groups is 1. The fourth-order valence-electron chi connectivity index (χ4n) is 4.50. The zero-order chi connectivity index (χ0) is 22.3. The predicted octanol–water partition coefficient (Wildman–Crippen LogP) is 2.86. The van der Waals surface area contributed by atoms with Crippen LogP contribution in [0.4, 0.5) is 11.5 Å². The van der Waals surface area contributed by atoms with Crippen LogP contribution in [-0.2, 0) is 6.54 Å². The van der Waals surface area contributed by atoms with E-state index in [2.05, 4.69) is 79.6 Å². The number of nitrogens with zero attached hydrogens (tertiary/aromatic N) is 5. The topological polar surface area (TPSA) is 59.0 Å². The van der Waals surface area contributed by atoms with Gasteiger partial charge in [-0.05, 0) is 50.6 Å². The highest BCUT2D eigenvalue weighted by Crippen LogP contribution is 2.24. The van der Waals surface area contributed by atoms with E-state index < -0.39 is 0 Å². The van der Waals surface area contributed by atoms with Crippen LogP contribution in [0.3, 0.4) is 0 Å². The minimum Gasteiger partial charge on any atom is -0.372 e. The van der Waals surface area contributed by atoms with Crippen LogP contribution in [-0.4, -0.2) is 69.2 Å². The molecule has 2 aliphatic rings. The van der Waals surface area contributed by atoms with Gasteiger partial charge in [0.25, 0.3) is 0 Å². The largest absolute Gasteiger partial charge is 0.372 e. The zero-order valence-electron chi connectivity index (χ0n) is 19.7. The van der Waals surface area contributed by atoms with Gasteiger partial charge >= 0.3 is 0 Å². The van der Waals surface area contributed by atoms with Gasteiger partial charge in [-0.3, -0.25) is 4.99 Å². The molecule has 4 rings (SSSR count). The maximum Gasteiger partial charge on any atom is 0.191 e. The van der Waals surface area contributed by atoms with Gasteiger partial charge in [-0.25, -0.2) is 4.98 Å². The van der Waals surface area contributed by atoms with E-state index in [4.69, 9.17) is 0 Å². The van der Waals surface area contributed by atoms with E-state index in [1.54, 1.807) is 0 Å². The number of piperazine rings is 1. The van der Waals surface area contributed by atoms with Crippen molar-refractivity contribution in [3.05, 3.63) is 53.7 Å². The third kappa shape index (κ3) is 5.51. The summed E-state index contributed by atoms with van der Waals surface area (Å²) in [5.74, 6) is 1.88. The number of hydrogen-bond acceptors (Lipinski definition) is 5. The molecule has 7 nitrogen and oxygen atoms in total. The highest BCUT2D eigenvalue weighted by Gasteiger charge is 2.18. The normalized spacial score (nSPS) is 18.7. The number of anilines is 2. The van der Waals surface area contributed by atoms with Crippen LogP contribution in [0.25, 0.3) is 0 Å². The molecule has 2 aliphatic heterocycles. The average Bonchev–Trinajstić information content (AvgIpc) is 3.38. The van der Waals surface area contributed by atoms with E-state index in [0.717, 1.165) is 51.0 Å². The Hall–Kier alpha value is -2.80. The van der Waals surface area contributed by atoms with Crippen LogP contribution in [0.1, 0.15) is 36.9 Å². The summed E-state index contributed by atoms with van der Waals surface area (Å²) in [6, 6.07) is 13.2. The van der Waals surface area contributed by atoms with Crippen molar-refractivity contribution in [2.24, 2.45) is 4.99 Å². The lowest BCUT2D eigenvalue weighted by molar-refractivity contribution is 0.312. The Morgan fingerprint density at radius 3 is 2.56 bits per heavy atom. The van der Waals surface area contributed by atoms with Crippen LogP contribution >= 0.6 is 0 Å². The highest BCUT2D eigenvalue weighted by molar-refractivity contribution is 5.80. The predicted molar refractivity (Wildman–Crippen MR) is 134 cm³/mol. The van der Waals surface area contributed by atoms with Crippen molar-refractivity contribution < 1.29 is 0 Å². The van der Waals surface area contributed by atoms with Crippen molar-refractivity contribution in [2.45, 2.75) is 32.4 Å². The van der Waals surface area contributed by atoms with Crippen LogP contribution in [0.2, 0.25) is 0 Å². The molecule has 2 fully saturated rings. The van der Waals surface area contributed by atoms with Crippen molar-refractivity contribution in [1.82, 2.24) is 20.5 Å². The molecule has 0 radical (unpaired) electrons. The summed E-state index contributed by atoms with van der Waals surface area (Å²) in [5, 5.41) is 7.05. The molecule has 2 N–H and O–H groups in total. The lowest BCUT2D eigenvalue weighted by Gasteiger charge is -2.34. The van der Waals surface area contributed by atoms with Crippen LogP contribution < -0.4 is 20.4 Å². The second-order valence-electron chi connectivity index (χ2n) is 8.86. The molecule has 32 heavy (non-hydrogen) atoms. The Balaban J connectivity index is 1.37. The van der Waals surface area contributed by atoms with Gasteiger partial charge in [-0.1, -0.05) is 18.2 Å². The number of guanidine groups is 1. The number of likely N-dealkylation sites (N-methyl/N-ethyl adjacent to an activating group) is 1. The van der Waals surface area contributed by atoms with E-state index in [1.807, 2.05) is 19.3 Å². The first-order chi connectivity index (χ1) is 15.6. The molecule has 3 heterocycles. The van der Waals surface area contributed by atoms with Crippen molar-refractivity contribution in [1.29, 1.82) is 0 Å². The van der Waals surface area contributed by atoms with E-state index in [1.165, 1.54) is 29.7 Å². The van der Waals surface area contributed by atoms with Gasteiger partial charge in [-0.2, -0.15) is 0 Å². The maximum atomic E-state index is 4.69. The van der Waals surface area contributed by atoms with Crippen molar-refractivity contribution in [2.75, 3.05) is 63.2 Å². The summed E-state index contributed by atoms with van der Waals surface area (Å²) < 4.78 is 0. The maximum absolute atomic E-state index is 4.69. The van der Waals surface area contributed by atoms with E-state index in [0.29, 0.717) is 6.54 Å². The van der Waals surface area contributed by atoms with Gasteiger partial charge in [0, 0.05) is 70.3 Å². The molecule has 0 saturated carbocycles. The number of rotatable bonds is 6. The van der Waals surface area contributed by atoms with Gasteiger partial charge < -0.3 is 25.3 Å². The third-order valence-corrected chi connectivity index (χ3v) is 6.53. The SMILES string of the molecule is CN=C(NCc1cccnc1N1CCN(C)CC1)NC(C)c1cccc(N2CCCC2)c1. The molecule has 1 atom stereocenters. The second-order valence-corrected chi connectivity index (χ2v) is 8.86. The van der Waals surface area contributed by atoms with E-state index in [9.17, 15) is 0 Å². The quantitative estimate of drug-likeness (QED) is 0.538. The first-order valence-corrected chi connectivity index (χ1v) is 11.8. The zero-order valence-corrected chi connectivity index (χ0v) is 19.7. The molecular weight excluding hydrogens is 398 g/mol. The van der Waals surface area contributed by atoms with Crippen molar-refractivity contribution in [3.63, 3.8) is 0 Å². The molecule has 0 bridgehead atoms. The number of hydrogen-bond donors (Lipinski definition) is 2. The van der Waals surface area contributed by atoms with E-state index >= 15 is 0 Å². The Labute approximate surface area is 192 Å². The fourth-order valence-corrected chi connectivity index (χ4v) is 4.50. The van der Waals surface area contributed by atoms with E-state index in [-0.39, 0.29) is 6.04 Å². The van der Waals surface area contributed by atoms with Gasteiger partial charge in [0.15, 0.2) is 5.96 Å². The minimum absolute atomic E-state index is 0.162. The molecule has 1 aromatic carbocycles. The molecule has 172 valence electrons. The minimum atomic E-state index is 0.162. The van der Waals surface area contributed by atoms with Gasteiger partial charge in [0.1, 0.15) is 5.82 Å². The Bertz CT molecular complexity index is 899. The molecule has 1 aromatic heterocycles. The number of nitrogens with one attached hydrogen (secondary N) is 2. The first kappa shape index (κ1) is 22.4. The lowest BCUT2D eigenvalue weighted by Crippen LogP contribution is -2.45. The lowest BCUT2D eigenvalue weighted by atomic mass is 10.1. The molecule has 2 aromatic rings.